The molecule has 0 bridgehead atoms. The Morgan fingerprint density at radius 1 is 1.16 bits per heavy atom. The Kier molecular flexibility index (Phi) is 5.80. The summed E-state index contributed by atoms with van der Waals surface area (Å²) < 4.78 is 13.2. The van der Waals surface area contributed by atoms with Gasteiger partial charge in [-0.05, 0) is 56.1 Å². The molecule has 0 aliphatic carbocycles. The van der Waals surface area contributed by atoms with E-state index in [1.54, 1.807) is 6.07 Å². The van der Waals surface area contributed by atoms with Crippen molar-refractivity contribution in [3.05, 3.63) is 35.1 Å². The Morgan fingerprint density at radius 3 is 2.63 bits per heavy atom. The summed E-state index contributed by atoms with van der Waals surface area (Å²) in [5.74, 6) is -0.144. The number of nitrogens with zero attached hydrogens (tertiary/aromatic N) is 1. The van der Waals surface area contributed by atoms with Crippen LogP contribution in [0.4, 0.5) is 4.39 Å². The molecular formula is C16H25FN2. The van der Waals surface area contributed by atoms with E-state index in [0.717, 1.165) is 30.8 Å². The van der Waals surface area contributed by atoms with Gasteiger partial charge in [0, 0.05) is 19.6 Å². The molecular weight excluding hydrogens is 239 g/mol. The highest BCUT2D eigenvalue weighted by molar-refractivity contribution is 5.26. The van der Waals surface area contributed by atoms with E-state index >= 15 is 0 Å². The van der Waals surface area contributed by atoms with Crippen LogP contribution in [0.25, 0.3) is 0 Å². The SMILES string of the molecule is Cc1ccc(F)cc1CNCCN1CCCCCC1. The van der Waals surface area contributed by atoms with Crippen molar-refractivity contribution in [2.75, 3.05) is 26.2 Å². The normalized spacial score (nSPS) is 17.4. The Hall–Kier alpha value is -0.930. The average molecular weight is 264 g/mol. The fourth-order valence-electron chi connectivity index (χ4n) is 2.65. The number of hydrogen-bond acceptors (Lipinski definition) is 2. The lowest BCUT2D eigenvalue weighted by atomic mass is 10.1. The van der Waals surface area contributed by atoms with Crippen LogP contribution >= 0.6 is 0 Å². The topological polar surface area (TPSA) is 15.3 Å². The van der Waals surface area contributed by atoms with Crippen LogP contribution in [0.5, 0.6) is 0 Å². The zero-order valence-electron chi connectivity index (χ0n) is 11.9. The first kappa shape index (κ1) is 14.5. The number of hydrogen-bond donors (Lipinski definition) is 1. The third kappa shape index (κ3) is 4.92. The fourth-order valence-corrected chi connectivity index (χ4v) is 2.65. The molecule has 1 aliphatic rings. The van der Waals surface area contributed by atoms with E-state index in [9.17, 15) is 4.39 Å². The molecule has 1 aliphatic heterocycles. The lowest BCUT2D eigenvalue weighted by molar-refractivity contribution is 0.284. The monoisotopic (exact) mass is 264 g/mol. The van der Waals surface area contributed by atoms with Crippen LogP contribution in [-0.4, -0.2) is 31.1 Å². The van der Waals surface area contributed by atoms with E-state index in [0.29, 0.717) is 0 Å². The van der Waals surface area contributed by atoms with E-state index in [1.807, 2.05) is 13.0 Å². The molecule has 1 aromatic rings. The van der Waals surface area contributed by atoms with Gasteiger partial charge in [-0.1, -0.05) is 18.9 Å². The highest BCUT2D eigenvalue weighted by Gasteiger charge is 2.08. The quantitative estimate of drug-likeness (QED) is 0.822. The molecule has 0 amide bonds. The van der Waals surface area contributed by atoms with E-state index in [2.05, 4.69) is 10.2 Å². The standard InChI is InChI=1S/C16H25FN2/c1-14-6-7-16(17)12-15(14)13-18-8-11-19-9-4-2-3-5-10-19/h6-7,12,18H,2-5,8-11,13H2,1H3. The van der Waals surface area contributed by atoms with Crippen LogP contribution in [0.3, 0.4) is 0 Å². The number of rotatable bonds is 5. The third-order valence-corrected chi connectivity index (χ3v) is 3.93. The highest BCUT2D eigenvalue weighted by Crippen LogP contribution is 2.10. The Labute approximate surface area is 116 Å². The van der Waals surface area contributed by atoms with E-state index in [-0.39, 0.29) is 5.82 Å². The van der Waals surface area contributed by atoms with Crippen LogP contribution in [0.2, 0.25) is 0 Å². The molecule has 2 nitrogen and oxygen atoms in total. The number of nitrogens with one attached hydrogen (secondary N) is 1. The van der Waals surface area contributed by atoms with Crippen molar-refractivity contribution in [1.29, 1.82) is 0 Å². The van der Waals surface area contributed by atoms with Crippen molar-refractivity contribution >= 4 is 0 Å². The van der Waals surface area contributed by atoms with E-state index < -0.39 is 0 Å². The second kappa shape index (κ2) is 7.61. The largest absolute Gasteiger partial charge is 0.311 e. The third-order valence-electron chi connectivity index (χ3n) is 3.93. The summed E-state index contributed by atoms with van der Waals surface area (Å²) in [6.45, 7) is 7.36. The molecule has 0 atom stereocenters. The summed E-state index contributed by atoms with van der Waals surface area (Å²) in [6, 6.07) is 5.01. The van der Waals surface area contributed by atoms with Crippen molar-refractivity contribution in [1.82, 2.24) is 10.2 Å². The molecule has 0 unspecified atom stereocenters. The predicted octanol–water partition coefficient (Wildman–Crippen LogP) is 3.10. The van der Waals surface area contributed by atoms with Gasteiger partial charge in [-0.2, -0.15) is 0 Å². The van der Waals surface area contributed by atoms with Crippen molar-refractivity contribution in [2.45, 2.75) is 39.2 Å². The molecule has 0 saturated carbocycles. The van der Waals surface area contributed by atoms with Gasteiger partial charge in [0.05, 0.1) is 0 Å². The summed E-state index contributed by atoms with van der Waals surface area (Å²) in [4.78, 5) is 2.54. The minimum atomic E-state index is -0.144. The molecule has 0 spiro atoms. The minimum Gasteiger partial charge on any atom is -0.311 e. The summed E-state index contributed by atoms with van der Waals surface area (Å²) in [5, 5.41) is 3.43. The van der Waals surface area contributed by atoms with Gasteiger partial charge in [0.1, 0.15) is 5.82 Å². The van der Waals surface area contributed by atoms with Crippen molar-refractivity contribution in [3.63, 3.8) is 0 Å². The maximum Gasteiger partial charge on any atom is 0.123 e. The number of benzene rings is 1. The van der Waals surface area contributed by atoms with Crippen molar-refractivity contribution < 1.29 is 4.39 Å². The summed E-state index contributed by atoms with van der Waals surface area (Å²) in [6.07, 6.45) is 5.44. The van der Waals surface area contributed by atoms with Gasteiger partial charge in [0.15, 0.2) is 0 Å². The highest BCUT2D eigenvalue weighted by atomic mass is 19.1. The van der Waals surface area contributed by atoms with Gasteiger partial charge in [-0.15, -0.1) is 0 Å². The predicted molar refractivity (Wildman–Crippen MR) is 77.8 cm³/mol. The fraction of sp³-hybridized carbons (Fsp3) is 0.625. The molecule has 3 heteroatoms. The second-order valence-electron chi connectivity index (χ2n) is 5.50. The Bertz CT molecular complexity index is 384. The zero-order chi connectivity index (χ0) is 13.5. The molecule has 19 heavy (non-hydrogen) atoms. The van der Waals surface area contributed by atoms with Crippen molar-refractivity contribution in [2.24, 2.45) is 0 Å². The summed E-state index contributed by atoms with van der Waals surface area (Å²) >= 11 is 0. The van der Waals surface area contributed by atoms with Crippen LogP contribution in [-0.2, 0) is 6.54 Å². The number of aryl methyl sites for hydroxylation is 1. The van der Waals surface area contributed by atoms with E-state index in [4.69, 9.17) is 0 Å². The summed E-state index contributed by atoms with van der Waals surface area (Å²) in [5.41, 5.74) is 2.22. The van der Waals surface area contributed by atoms with Gasteiger partial charge in [-0.3, -0.25) is 0 Å². The number of halogens is 1. The summed E-state index contributed by atoms with van der Waals surface area (Å²) in [7, 11) is 0. The molecule has 0 aromatic heterocycles. The molecule has 106 valence electrons. The van der Waals surface area contributed by atoms with Crippen LogP contribution in [0, 0.1) is 12.7 Å². The van der Waals surface area contributed by atoms with Crippen LogP contribution in [0.1, 0.15) is 36.8 Å². The van der Waals surface area contributed by atoms with Gasteiger partial charge >= 0.3 is 0 Å². The lowest BCUT2D eigenvalue weighted by Gasteiger charge is -2.20. The zero-order valence-corrected chi connectivity index (χ0v) is 11.9. The first-order valence-corrected chi connectivity index (χ1v) is 7.44. The molecule has 1 aromatic carbocycles. The average Bonchev–Trinajstić information content (AvgIpc) is 2.67. The molecule has 0 radical (unpaired) electrons. The van der Waals surface area contributed by atoms with E-state index in [1.165, 1.54) is 44.8 Å². The molecule has 1 fully saturated rings. The Balaban J connectivity index is 1.69. The molecule has 1 heterocycles. The van der Waals surface area contributed by atoms with Gasteiger partial charge in [0.2, 0.25) is 0 Å². The van der Waals surface area contributed by atoms with Crippen LogP contribution < -0.4 is 5.32 Å². The smallest absolute Gasteiger partial charge is 0.123 e. The maximum atomic E-state index is 13.2. The van der Waals surface area contributed by atoms with Crippen LogP contribution in [0.15, 0.2) is 18.2 Å². The van der Waals surface area contributed by atoms with Gasteiger partial charge in [-0.25, -0.2) is 4.39 Å². The lowest BCUT2D eigenvalue weighted by Crippen LogP contribution is -2.32. The van der Waals surface area contributed by atoms with Gasteiger partial charge in [0.25, 0.3) is 0 Å². The van der Waals surface area contributed by atoms with Crippen molar-refractivity contribution in [3.8, 4) is 0 Å². The first-order chi connectivity index (χ1) is 9.25. The molecule has 1 N–H and O–H groups in total. The first-order valence-electron chi connectivity index (χ1n) is 7.44. The van der Waals surface area contributed by atoms with Gasteiger partial charge < -0.3 is 10.2 Å². The maximum absolute atomic E-state index is 13.2. The molecule has 1 saturated heterocycles. The number of likely N-dealkylation sites (tertiary alicyclic amines) is 1. The minimum absolute atomic E-state index is 0.144. The molecule has 2 rings (SSSR count). The second-order valence-corrected chi connectivity index (χ2v) is 5.50. The Morgan fingerprint density at radius 2 is 1.89 bits per heavy atom.